The van der Waals surface area contributed by atoms with Gasteiger partial charge in [0.05, 0.1) is 10.8 Å². The molecule has 0 aliphatic carbocycles. The molecule has 0 spiro atoms. The van der Waals surface area contributed by atoms with Gasteiger partial charge in [-0.1, -0.05) is 78.3 Å². The first-order valence-electron chi connectivity index (χ1n) is 10.6. The molecule has 0 saturated heterocycles. The molecule has 0 aliphatic heterocycles. The number of hydrogen-bond donors (Lipinski definition) is 3. The van der Waals surface area contributed by atoms with Crippen molar-refractivity contribution >= 4 is 40.5 Å². The van der Waals surface area contributed by atoms with Crippen molar-refractivity contribution in [1.82, 2.24) is 15.4 Å². The zero-order valence-electron chi connectivity index (χ0n) is 18.6. The number of amides is 1. The number of benzene rings is 3. The summed E-state index contributed by atoms with van der Waals surface area (Å²) in [5.74, 6) is -1.26. The fourth-order valence-corrected chi connectivity index (χ4v) is 3.76. The van der Waals surface area contributed by atoms with Crippen molar-refractivity contribution in [2.45, 2.75) is 12.8 Å². The van der Waals surface area contributed by atoms with Crippen LogP contribution in [-0.4, -0.2) is 20.8 Å². The van der Waals surface area contributed by atoms with E-state index in [0.717, 1.165) is 17.5 Å². The second-order valence-electron chi connectivity index (χ2n) is 7.58. The smallest absolute Gasteiger partial charge is 0.334 e. The number of carbonyl (C=O) groups is 1. The quantitative estimate of drug-likeness (QED) is 0.225. The Kier molecular flexibility index (Phi) is 7.18. The third-order valence-electron chi connectivity index (χ3n) is 5.36. The highest BCUT2D eigenvalue weighted by Gasteiger charge is 2.26. The van der Waals surface area contributed by atoms with Crippen LogP contribution in [0.2, 0.25) is 5.02 Å². The summed E-state index contributed by atoms with van der Waals surface area (Å²) in [6, 6.07) is 23.7. The van der Waals surface area contributed by atoms with E-state index in [0.29, 0.717) is 16.3 Å². The number of aromatic nitrogens is 2. The average molecular weight is 489 g/mol. The Bertz CT molecular complexity index is 1310. The maximum Gasteiger partial charge on any atom is 0.355 e. The van der Waals surface area contributed by atoms with E-state index < -0.39 is 22.4 Å². The van der Waals surface area contributed by atoms with Crippen LogP contribution in [0.4, 0.5) is 23.0 Å². The van der Waals surface area contributed by atoms with Crippen molar-refractivity contribution in [3.63, 3.8) is 0 Å². The average Bonchev–Trinajstić information content (AvgIpc) is 2.87. The molecular weight excluding hydrogens is 468 g/mol. The first-order chi connectivity index (χ1) is 17.0. The second kappa shape index (κ2) is 10.6. The van der Waals surface area contributed by atoms with Gasteiger partial charge >= 0.3 is 5.69 Å². The van der Waals surface area contributed by atoms with E-state index in [-0.39, 0.29) is 11.6 Å². The van der Waals surface area contributed by atoms with E-state index in [1.165, 1.54) is 0 Å². The van der Waals surface area contributed by atoms with Crippen molar-refractivity contribution in [3.8, 4) is 0 Å². The molecule has 176 valence electrons. The van der Waals surface area contributed by atoms with Gasteiger partial charge in [-0.15, -0.1) is 0 Å². The largest absolute Gasteiger partial charge is 0.355 e. The molecular formula is C25H21ClN6O3. The summed E-state index contributed by atoms with van der Waals surface area (Å²) in [7, 11) is 0. The van der Waals surface area contributed by atoms with Gasteiger partial charge in [0.15, 0.2) is 0 Å². The van der Waals surface area contributed by atoms with Gasteiger partial charge in [0.25, 0.3) is 0 Å². The predicted octanol–water partition coefficient (Wildman–Crippen LogP) is 5.37. The number of hydrazine groups is 1. The second-order valence-corrected chi connectivity index (χ2v) is 7.99. The number of carbonyl (C=O) groups excluding carboxylic acids is 1. The van der Waals surface area contributed by atoms with E-state index in [2.05, 4.69) is 26.1 Å². The lowest BCUT2D eigenvalue weighted by Crippen LogP contribution is -2.35. The molecule has 1 amide bonds. The zero-order chi connectivity index (χ0) is 24.8. The number of nitrogens with one attached hydrogen (secondary N) is 3. The van der Waals surface area contributed by atoms with Crippen molar-refractivity contribution < 1.29 is 9.72 Å². The van der Waals surface area contributed by atoms with Gasteiger partial charge in [0.1, 0.15) is 6.33 Å². The Morgan fingerprint density at radius 2 is 1.51 bits per heavy atom. The monoisotopic (exact) mass is 488 g/mol. The van der Waals surface area contributed by atoms with E-state index in [1.54, 1.807) is 25.1 Å². The fourth-order valence-electron chi connectivity index (χ4n) is 3.58. The molecule has 4 rings (SSSR count). The van der Waals surface area contributed by atoms with Crippen LogP contribution in [0.1, 0.15) is 22.6 Å². The topological polar surface area (TPSA) is 122 Å². The Morgan fingerprint density at radius 3 is 2.11 bits per heavy atom. The molecule has 35 heavy (non-hydrogen) atoms. The van der Waals surface area contributed by atoms with E-state index in [9.17, 15) is 14.9 Å². The van der Waals surface area contributed by atoms with Crippen LogP contribution in [0.3, 0.4) is 0 Å². The molecule has 1 heterocycles. The molecule has 4 aromatic rings. The summed E-state index contributed by atoms with van der Waals surface area (Å²) < 4.78 is 0. The summed E-state index contributed by atoms with van der Waals surface area (Å²) in [4.78, 5) is 32.5. The van der Waals surface area contributed by atoms with Gasteiger partial charge < -0.3 is 5.32 Å². The molecule has 0 radical (unpaired) electrons. The fraction of sp³-hybridized carbons (Fsp3) is 0.0800. The van der Waals surface area contributed by atoms with Crippen molar-refractivity contribution in [2.24, 2.45) is 0 Å². The van der Waals surface area contributed by atoms with Crippen LogP contribution in [0, 0.1) is 17.0 Å². The summed E-state index contributed by atoms with van der Waals surface area (Å²) in [6.45, 7) is 1.78. The third-order valence-corrected chi connectivity index (χ3v) is 5.77. The summed E-state index contributed by atoms with van der Waals surface area (Å²) in [6.07, 6.45) is 1.16. The first-order valence-corrected chi connectivity index (χ1v) is 11.0. The number of halogens is 1. The van der Waals surface area contributed by atoms with Crippen LogP contribution in [-0.2, 0) is 4.79 Å². The van der Waals surface area contributed by atoms with E-state index >= 15 is 0 Å². The summed E-state index contributed by atoms with van der Waals surface area (Å²) in [5.41, 5.74) is 7.56. The minimum Gasteiger partial charge on any atom is -0.334 e. The highest BCUT2D eigenvalue weighted by atomic mass is 35.5. The van der Waals surface area contributed by atoms with Crippen molar-refractivity contribution in [2.75, 3.05) is 10.7 Å². The van der Waals surface area contributed by atoms with Crippen LogP contribution in [0.5, 0.6) is 0 Å². The van der Waals surface area contributed by atoms with Crippen LogP contribution >= 0.6 is 11.6 Å². The molecule has 0 unspecified atom stereocenters. The van der Waals surface area contributed by atoms with Crippen LogP contribution < -0.4 is 16.2 Å². The Morgan fingerprint density at radius 1 is 0.914 bits per heavy atom. The minimum atomic E-state index is -0.641. The lowest BCUT2D eigenvalue weighted by atomic mass is 9.91. The number of anilines is 3. The Labute approximate surface area is 206 Å². The number of hydrogen-bond acceptors (Lipinski definition) is 7. The summed E-state index contributed by atoms with van der Waals surface area (Å²) in [5, 5.41) is 15.4. The van der Waals surface area contributed by atoms with Gasteiger partial charge in [0, 0.05) is 10.7 Å². The zero-order valence-corrected chi connectivity index (χ0v) is 19.4. The lowest BCUT2D eigenvalue weighted by molar-refractivity contribution is -0.383. The maximum atomic E-state index is 13.2. The third kappa shape index (κ3) is 5.36. The van der Waals surface area contributed by atoms with Gasteiger partial charge in [-0.3, -0.25) is 25.8 Å². The number of nitro groups is 1. The van der Waals surface area contributed by atoms with Gasteiger partial charge in [-0.05, 0) is 35.7 Å². The molecule has 1 aromatic heterocycles. The molecule has 3 N–H and O–H groups in total. The van der Waals surface area contributed by atoms with Crippen LogP contribution in [0.25, 0.3) is 0 Å². The van der Waals surface area contributed by atoms with Crippen molar-refractivity contribution in [3.05, 3.63) is 117 Å². The minimum absolute atomic E-state index is 0.0465. The molecule has 9 nitrogen and oxygen atoms in total. The van der Waals surface area contributed by atoms with E-state index in [1.807, 2.05) is 60.7 Å². The predicted molar refractivity (Wildman–Crippen MR) is 135 cm³/mol. The van der Waals surface area contributed by atoms with Gasteiger partial charge in [0.2, 0.25) is 17.5 Å². The molecule has 0 bridgehead atoms. The first kappa shape index (κ1) is 23.7. The highest BCUT2D eigenvalue weighted by Crippen LogP contribution is 2.33. The molecule has 0 atom stereocenters. The lowest BCUT2D eigenvalue weighted by Gasteiger charge is -2.18. The Hall–Kier alpha value is -4.50. The highest BCUT2D eigenvalue weighted by molar-refractivity contribution is 6.31. The molecule has 10 heteroatoms. The van der Waals surface area contributed by atoms with Gasteiger partial charge in [-0.25, -0.2) is 9.97 Å². The standard InChI is InChI=1S/C25H21ClN6O3/c1-16-19(26)13-8-14-20(16)29-23-22(32(34)35)24(28-15-27-23)30-31-25(33)21(17-9-4-2-5-10-17)18-11-6-3-7-12-18/h2-15,21H,1H3,(H,31,33)(H2,27,28,29,30). The maximum absolute atomic E-state index is 13.2. The molecule has 0 saturated carbocycles. The van der Waals surface area contributed by atoms with E-state index in [4.69, 9.17) is 11.6 Å². The molecule has 0 fully saturated rings. The summed E-state index contributed by atoms with van der Waals surface area (Å²) >= 11 is 6.16. The molecule has 0 aliphatic rings. The normalized spacial score (nSPS) is 10.6. The Balaban J connectivity index is 1.61. The van der Waals surface area contributed by atoms with Crippen molar-refractivity contribution in [1.29, 1.82) is 0 Å². The SMILES string of the molecule is Cc1c(Cl)cccc1Nc1ncnc(NNC(=O)C(c2ccccc2)c2ccccc2)c1[N+](=O)[O-]. The number of nitrogens with zero attached hydrogens (tertiary/aromatic N) is 3. The van der Waals surface area contributed by atoms with Crippen LogP contribution in [0.15, 0.2) is 85.2 Å². The molecule has 3 aromatic carbocycles. The number of rotatable bonds is 8. The van der Waals surface area contributed by atoms with Gasteiger partial charge in [-0.2, -0.15) is 0 Å².